The van der Waals surface area contributed by atoms with Crippen molar-refractivity contribution in [2.75, 3.05) is 5.75 Å². The molecule has 0 saturated heterocycles. The van der Waals surface area contributed by atoms with Gasteiger partial charge in [-0.05, 0) is 30.0 Å². The molecule has 0 radical (unpaired) electrons. The molecule has 0 aliphatic rings. The van der Waals surface area contributed by atoms with Crippen LogP contribution in [0.15, 0.2) is 47.6 Å². The zero-order chi connectivity index (χ0) is 14.1. The Balaban J connectivity index is 2.05. The van der Waals surface area contributed by atoms with E-state index in [4.69, 9.17) is 23.2 Å². The maximum atomic E-state index is 6.06. The van der Waals surface area contributed by atoms with Gasteiger partial charge in [0.25, 0.3) is 0 Å². The number of fused-ring (bicyclic) bond motifs is 1. The van der Waals surface area contributed by atoms with Gasteiger partial charge in [-0.3, -0.25) is 0 Å². The van der Waals surface area contributed by atoms with Gasteiger partial charge in [-0.2, -0.15) is 0 Å². The van der Waals surface area contributed by atoms with Crippen molar-refractivity contribution in [3.63, 3.8) is 0 Å². The van der Waals surface area contributed by atoms with Gasteiger partial charge in [0.1, 0.15) is 5.65 Å². The van der Waals surface area contributed by atoms with Crippen molar-refractivity contribution in [3.8, 4) is 11.3 Å². The lowest BCUT2D eigenvalue weighted by molar-refractivity contribution is 1.13. The summed E-state index contributed by atoms with van der Waals surface area (Å²) in [6, 6.07) is 9.68. The number of pyridine rings is 1. The minimum atomic E-state index is 0.545. The predicted molar refractivity (Wildman–Crippen MR) is 87.0 cm³/mol. The monoisotopic (exact) mass is 322 g/mol. The first-order chi connectivity index (χ1) is 9.67. The highest BCUT2D eigenvalue weighted by Crippen LogP contribution is 2.28. The third kappa shape index (κ3) is 2.66. The van der Waals surface area contributed by atoms with Crippen molar-refractivity contribution in [3.05, 3.63) is 52.8 Å². The average molecular weight is 323 g/mol. The molecular weight excluding hydrogens is 311 g/mol. The summed E-state index contributed by atoms with van der Waals surface area (Å²) >= 11 is 13.8. The zero-order valence-corrected chi connectivity index (χ0v) is 13.1. The molecule has 0 spiro atoms. The first-order valence-electron chi connectivity index (χ1n) is 6.24. The largest absolute Gasteiger partial charge is 0.305 e. The van der Waals surface area contributed by atoms with Crippen LogP contribution in [0, 0.1) is 0 Å². The highest BCUT2D eigenvalue weighted by Gasteiger charge is 2.07. The van der Waals surface area contributed by atoms with Gasteiger partial charge in [0.05, 0.1) is 15.7 Å². The number of nitrogens with zero attached hydrogens (tertiary/aromatic N) is 2. The number of hydrogen-bond acceptors (Lipinski definition) is 2. The Morgan fingerprint density at radius 3 is 2.70 bits per heavy atom. The van der Waals surface area contributed by atoms with Crippen LogP contribution in [0.5, 0.6) is 0 Å². The summed E-state index contributed by atoms with van der Waals surface area (Å²) in [6.45, 7) is 2.14. The lowest BCUT2D eigenvalue weighted by Crippen LogP contribution is -1.83. The summed E-state index contributed by atoms with van der Waals surface area (Å²) in [4.78, 5) is 5.84. The maximum absolute atomic E-state index is 6.06. The summed E-state index contributed by atoms with van der Waals surface area (Å²) in [6.07, 6.45) is 4.10. The Hall–Kier alpha value is -1.16. The molecule has 0 N–H and O–H groups in total. The number of rotatable bonds is 3. The molecule has 0 fully saturated rings. The van der Waals surface area contributed by atoms with Crippen LogP contribution in [0.25, 0.3) is 16.9 Å². The summed E-state index contributed by atoms with van der Waals surface area (Å²) < 4.78 is 2.04. The Bertz CT molecular complexity index is 768. The molecule has 102 valence electrons. The molecule has 0 saturated carbocycles. The fourth-order valence-corrected chi connectivity index (χ4v) is 3.00. The minimum Gasteiger partial charge on any atom is -0.305 e. The lowest BCUT2D eigenvalue weighted by Gasteiger charge is -1.99. The van der Waals surface area contributed by atoms with E-state index in [9.17, 15) is 0 Å². The van der Waals surface area contributed by atoms with Gasteiger partial charge < -0.3 is 4.40 Å². The number of imidazole rings is 1. The number of halogens is 2. The van der Waals surface area contributed by atoms with Crippen molar-refractivity contribution in [1.29, 1.82) is 0 Å². The van der Waals surface area contributed by atoms with Crippen molar-refractivity contribution < 1.29 is 0 Å². The van der Waals surface area contributed by atoms with Gasteiger partial charge in [0, 0.05) is 22.9 Å². The van der Waals surface area contributed by atoms with Crippen LogP contribution < -0.4 is 0 Å². The van der Waals surface area contributed by atoms with E-state index in [2.05, 4.69) is 24.2 Å². The topological polar surface area (TPSA) is 17.3 Å². The summed E-state index contributed by atoms with van der Waals surface area (Å²) in [5.41, 5.74) is 2.78. The van der Waals surface area contributed by atoms with Gasteiger partial charge in [-0.15, -0.1) is 11.8 Å². The fraction of sp³-hybridized carbons (Fsp3) is 0.133. The molecule has 2 nitrogen and oxygen atoms in total. The van der Waals surface area contributed by atoms with Crippen LogP contribution in [0.4, 0.5) is 0 Å². The second kappa shape index (κ2) is 5.68. The predicted octanol–water partition coefficient (Wildman–Crippen LogP) is 5.42. The van der Waals surface area contributed by atoms with Crippen LogP contribution >= 0.6 is 35.0 Å². The third-order valence-electron chi connectivity index (χ3n) is 2.95. The zero-order valence-electron chi connectivity index (χ0n) is 10.8. The maximum Gasteiger partial charge on any atom is 0.137 e. The normalized spacial score (nSPS) is 11.2. The van der Waals surface area contributed by atoms with Crippen LogP contribution in [0.2, 0.25) is 10.0 Å². The van der Waals surface area contributed by atoms with E-state index in [0.717, 1.165) is 22.7 Å². The molecule has 0 unspecified atom stereocenters. The molecule has 3 aromatic rings. The Kier molecular flexibility index (Phi) is 3.92. The molecule has 2 aromatic heterocycles. The van der Waals surface area contributed by atoms with E-state index in [0.29, 0.717) is 10.0 Å². The smallest absolute Gasteiger partial charge is 0.137 e. The number of hydrogen-bond donors (Lipinski definition) is 0. The highest BCUT2D eigenvalue weighted by atomic mass is 35.5. The molecule has 0 amide bonds. The first kappa shape index (κ1) is 13.8. The van der Waals surface area contributed by atoms with Crippen LogP contribution in [0.1, 0.15) is 6.92 Å². The second-order valence-corrected chi connectivity index (χ2v) is 6.47. The summed E-state index contributed by atoms with van der Waals surface area (Å²) in [7, 11) is 0. The van der Waals surface area contributed by atoms with E-state index < -0.39 is 0 Å². The molecule has 5 heteroatoms. The molecule has 0 aliphatic heterocycles. The molecule has 0 bridgehead atoms. The molecule has 3 rings (SSSR count). The van der Waals surface area contributed by atoms with Gasteiger partial charge in [-0.1, -0.05) is 36.2 Å². The van der Waals surface area contributed by atoms with Crippen LogP contribution in [-0.2, 0) is 0 Å². The highest BCUT2D eigenvalue weighted by molar-refractivity contribution is 7.99. The van der Waals surface area contributed by atoms with Gasteiger partial charge >= 0.3 is 0 Å². The summed E-state index contributed by atoms with van der Waals surface area (Å²) in [5.74, 6) is 1.06. The molecule has 0 atom stereocenters. The first-order valence-corrected chi connectivity index (χ1v) is 7.98. The quantitative estimate of drug-likeness (QED) is 0.599. The van der Waals surface area contributed by atoms with E-state index >= 15 is 0 Å². The van der Waals surface area contributed by atoms with Crippen molar-refractivity contribution in [2.24, 2.45) is 0 Å². The second-order valence-electron chi connectivity index (χ2n) is 4.32. The molecule has 20 heavy (non-hydrogen) atoms. The van der Waals surface area contributed by atoms with Crippen molar-refractivity contribution >= 4 is 40.6 Å². The van der Waals surface area contributed by atoms with Crippen LogP contribution in [0.3, 0.4) is 0 Å². The SMILES string of the molecule is CCSc1ccc2nc(-c3ccc(Cl)c(Cl)c3)cn2c1. The number of aromatic nitrogens is 2. The summed E-state index contributed by atoms with van der Waals surface area (Å²) in [5, 5.41) is 1.10. The number of thioether (sulfide) groups is 1. The van der Waals surface area contributed by atoms with E-state index in [-0.39, 0.29) is 0 Å². The van der Waals surface area contributed by atoms with Gasteiger partial charge in [0.15, 0.2) is 0 Å². The van der Waals surface area contributed by atoms with E-state index in [1.807, 2.05) is 40.6 Å². The fourth-order valence-electron chi connectivity index (χ4n) is 2.02. The average Bonchev–Trinajstić information content (AvgIpc) is 2.85. The van der Waals surface area contributed by atoms with Crippen LogP contribution in [-0.4, -0.2) is 15.1 Å². The van der Waals surface area contributed by atoms with Crippen molar-refractivity contribution in [2.45, 2.75) is 11.8 Å². The Labute approximate surface area is 131 Å². The van der Waals surface area contributed by atoms with E-state index in [1.165, 1.54) is 4.90 Å². The molecular formula is C15H12Cl2N2S. The Morgan fingerprint density at radius 1 is 1.10 bits per heavy atom. The molecule has 0 aliphatic carbocycles. The van der Waals surface area contributed by atoms with Crippen molar-refractivity contribution in [1.82, 2.24) is 9.38 Å². The minimum absolute atomic E-state index is 0.545. The van der Waals surface area contributed by atoms with Gasteiger partial charge in [-0.25, -0.2) is 4.98 Å². The lowest BCUT2D eigenvalue weighted by atomic mass is 10.2. The number of benzene rings is 1. The van der Waals surface area contributed by atoms with Gasteiger partial charge in [0.2, 0.25) is 0 Å². The standard InChI is InChI=1S/C15H12Cl2N2S/c1-2-20-11-4-6-15-18-14(9-19(15)8-11)10-3-5-12(16)13(17)7-10/h3-9H,2H2,1H3. The third-order valence-corrected chi connectivity index (χ3v) is 4.55. The van der Waals surface area contributed by atoms with E-state index in [1.54, 1.807) is 6.07 Å². The molecule has 1 aromatic carbocycles. The molecule has 2 heterocycles. The Morgan fingerprint density at radius 2 is 1.95 bits per heavy atom.